The summed E-state index contributed by atoms with van der Waals surface area (Å²) in [6, 6.07) is 3.15. The van der Waals surface area contributed by atoms with Crippen LogP contribution in [0.25, 0.3) is 0 Å². The molecule has 0 fully saturated rings. The predicted octanol–water partition coefficient (Wildman–Crippen LogP) is 2.87. The molecule has 0 aliphatic rings. The number of amides is 1. The van der Waals surface area contributed by atoms with Crippen LogP contribution in [0.15, 0.2) is 28.5 Å². The number of esters is 1. The molecule has 1 aromatic heterocycles. The standard InChI is InChI=1S/C20H27F2N7O3/c1-12(2)16(9-10-17(30)32-5)23-20(31)18-19(25-26-28(3)4)29(27-24-18)11-13-14(21)7-6-8-15(13)22/h6-8,12,16H,9-11H2,1-5H3,(H,23,31)/b26-25+/t16-/m0/s1. The second-order valence-electron chi connectivity index (χ2n) is 7.59. The van der Waals surface area contributed by atoms with Crippen molar-refractivity contribution in [3.05, 3.63) is 41.1 Å². The molecule has 0 unspecified atom stereocenters. The Morgan fingerprint density at radius 3 is 2.47 bits per heavy atom. The lowest BCUT2D eigenvalue weighted by Crippen LogP contribution is -2.39. The first kappa shape index (κ1) is 24.8. The Balaban J connectivity index is 2.33. The lowest BCUT2D eigenvalue weighted by Gasteiger charge is -2.21. The summed E-state index contributed by atoms with van der Waals surface area (Å²) in [7, 11) is 4.54. The molecule has 0 saturated heterocycles. The largest absolute Gasteiger partial charge is 0.469 e. The molecule has 1 N–H and O–H groups in total. The van der Waals surface area contributed by atoms with Crippen molar-refractivity contribution in [1.29, 1.82) is 0 Å². The number of aromatic nitrogens is 3. The first-order valence-electron chi connectivity index (χ1n) is 9.97. The van der Waals surface area contributed by atoms with E-state index in [1.165, 1.54) is 18.2 Å². The zero-order valence-electron chi connectivity index (χ0n) is 18.7. The van der Waals surface area contributed by atoms with Crippen LogP contribution in [0.5, 0.6) is 0 Å². The summed E-state index contributed by atoms with van der Waals surface area (Å²) in [6.07, 6.45) is 0.491. The van der Waals surface area contributed by atoms with E-state index in [0.29, 0.717) is 6.42 Å². The highest BCUT2D eigenvalue weighted by molar-refractivity contribution is 5.96. The summed E-state index contributed by atoms with van der Waals surface area (Å²) in [5.41, 5.74) is -0.403. The van der Waals surface area contributed by atoms with Gasteiger partial charge in [0, 0.05) is 32.1 Å². The van der Waals surface area contributed by atoms with E-state index in [1.54, 1.807) is 14.1 Å². The minimum atomic E-state index is -0.760. The number of carbonyl (C=O) groups is 2. The Kier molecular flexibility index (Phi) is 8.73. The predicted molar refractivity (Wildman–Crippen MR) is 111 cm³/mol. The second kappa shape index (κ2) is 11.3. The highest BCUT2D eigenvalue weighted by atomic mass is 19.1. The Hall–Kier alpha value is -3.44. The van der Waals surface area contributed by atoms with Crippen molar-refractivity contribution in [3.8, 4) is 0 Å². The SMILES string of the molecule is COC(=O)CC[C@H](NC(=O)c1nnn(Cc2c(F)cccc2F)c1/N=N/N(C)C)C(C)C. The molecule has 0 radical (unpaired) electrons. The van der Waals surface area contributed by atoms with Crippen molar-refractivity contribution >= 4 is 17.7 Å². The fraction of sp³-hybridized carbons (Fsp3) is 0.500. The van der Waals surface area contributed by atoms with Gasteiger partial charge >= 0.3 is 5.97 Å². The fourth-order valence-electron chi connectivity index (χ4n) is 2.81. The van der Waals surface area contributed by atoms with Crippen LogP contribution in [0, 0.1) is 17.6 Å². The third-order valence-electron chi connectivity index (χ3n) is 4.62. The van der Waals surface area contributed by atoms with E-state index in [9.17, 15) is 18.4 Å². The van der Waals surface area contributed by atoms with Crippen molar-refractivity contribution in [1.82, 2.24) is 25.3 Å². The molecular formula is C20H27F2N7O3. The molecular weight excluding hydrogens is 424 g/mol. The van der Waals surface area contributed by atoms with E-state index >= 15 is 0 Å². The van der Waals surface area contributed by atoms with E-state index in [2.05, 4.69) is 30.7 Å². The van der Waals surface area contributed by atoms with Crippen molar-refractivity contribution in [2.45, 2.75) is 39.3 Å². The molecule has 0 saturated carbocycles. The molecule has 1 atom stereocenters. The van der Waals surface area contributed by atoms with Gasteiger partial charge in [0.2, 0.25) is 5.82 Å². The van der Waals surface area contributed by atoms with Crippen molar-refractivity contribution in [2.24, 2.45) is 16.3 Å². The summed E-state index contributed by atoms with van der Waals surface area (Å²) in [4.78, 5) is 24.4. The topological polar surface area (TPSA) is 114 Å². The minimum Gasteiger partial charge on any atom is -0.469 e. The third-order valence-corrected chi connectivity index (χ3v) is 4.62. The lowest BCUT2D eigenvalue weighted by molar-refractivity contribution is -0.140. The van der Waals surface area contributed by atoms with Gasteiger partial charge < -0.3 is 10.1 Å². The molecule has 12 heteroatoms. The quantitative estimate of drug-likeness (QED) is 0.338. The van der Waals surface area contributed by atoms with Gasteiger partial charge in [0.05, 0.1) is 13.7 Å². The highest BCUT2D eigenvalue weighted by Crippen LogP contribution is 2.22. The number of hydrogen-bond acceptors (Lipinski definition) is 7. The normalized spacial score (nSPS) is 12.2. The molecule has 1 aromatic carbocycles. The van der Waals surface area contributed by atoms with Crippen molar-refractivity contribution < 1.29 is 23.1 Å². The van der Waals surface area contributed by atoms with Crippen molar-refractivity contribution in [3.63, 3.8) is 0 Å². The Labute approximate surface area is 184 Å². The Morgan fingerprint density at radius 2 is 1.91 bits per heavy atom. The second-order valence-corrected chi connectivity index (χ2v) is 7.59. The zero-order chi connectivity index (χ0) is 23.8. The molecule has 0 aliphatic carbocycles. The van der Waals surface area contributed by atoms with Gasteiger partial charge in [-0.25, -0.2) is 13.5 Å². The lowest BCUT2D eigenvalue weighted by atomic mass is 9.99. The molecule has 32 heavy (non-hydrogen) atoms. The number of benzene rings is 1. The van der Waals surface area contributed by atoms with Crippen LogP contribution in [0.1, 0.15) is 42.7 Å². The van der Waals surface area contributed by atoms with Gasteiger partial charge in [0.25, 0.3) is 5.91 Å². The maximum atomic E-state index is 14.1. The number of carbonyl (C=O) groups excluding carboxylic acids is 2. The summed E-state index contributed by atoms with van der Waals surface area (Å²) in [6.45, 7) is 3.45. The van der Waals surface area contributed by atoms with Crippen molar-refractivity contribution in [2.75, 3.05) is 21.2 Å². The van der Waals surface area contributed by atoms with E-state index < -0.39 is 17.5 Å². The summed E-state index contributed by atoms with van der Waals surface area (Å²) < 4.78 is 34.0. The number of ether oxygens (including phenoxy) is 1. The van der Waals surface area contributed by atoms with E-state index in [4.69, 9.17) is 0 Å². The fourth-order valence-corrected chi connectivity index (χ4v) is 2.81. The minimum absolute atomic E-state index is 0.0120. The van der Waals surface area contributed by atoms with E-state index in [1.807, 2.05) is 13.8 Å². The van der Waals surface area contributed by atoms with Crippen LogP contribution in [-0.2, 0) is 16.1 Å². The highest BCUT2D eigenvalue weighted by Gasteiger charge is 2.25. The number of nitrogens with one attached hydrogen (secondary N) is 1. The number of hydrogen-bond donors (Lipinski definition) is 1. The molecule has 1 heterocycles. The molecule has 0 aliphatic heterocycles. The van der Waals surface area contributed by atoms with Crippen LogP contribution in [0.2, 0.25) is 0 Å². The van der Waals surface area contributed by atoms with Crippen LogP contribution in [0.4, 0.5) is 14.6 Å². The first-order valence-corrected chi connectivity index (χ1v) is 9.97. The third kappa shape index (κ3) is 6.53. The van der Waals surface area contributed by atoms with E-state index in [-0.39, 0.29) is 48.0 Å². The van der Waals surface area contributed by atoms with Crippen LogP contribution in [-0.4, -0.2) is 59.1 Å². The summed E-state index contributed by atoms with van der Waals surface area (Å²) >= 11 is 0. The molecule has 174 valence electrons. The Bertz CT molecular complexity index is 956. The summed E-state index contributed by atoms with van der Waals surface area (Å²) in [5.74, 6) is -2.55. The maximum absolute atomic E-state index is 14.1. The average Bonchev–Trinajstić information content (AvgIpc) is 3.14. The van der Waals surface area contributed by atoms with Gasteiger partial charge in [-0.3, -0.25) is 14.6 Å². The number of halogens is 2. The van der Waals surface area contributed by atoms with Gasteiger partial charge in [-0.1, -0.05) is 30.4 Å². The van der Waals surface area contributed by atoms with Gasteiger partial charge in [-0.15, -0.1) is 10.2 Å². The monoisotopic (exact) mass is 451 g/mol. The molecule has 10 nitrogen and oxygen atoms in total. The number of nitrogens with zero attached hydrogens (tertiary/aromatic N) is 6. The molecule has 2 rings (SSSR count). The zero-order valence-corrected chi connectivity index (χ0v) is 18.7. The maximum Gasteiger partial charge on any atom is 0.305 e. The number of rotatable bonds is 10. The van der Waals surface area contributed by atoms with E-state index in [0.717, 1.165) is 16.8 Å². The molecule has 1 amide bonds. The molecule has 2 aromatic rings. The summed E-state index contributed by atoms with van der Waals surface area (Å²) in [5, 5.41) is 19.8. The van der Waals surface area contributed by atoms with Gasteiger partial charge in [0.15, 0.2) is 5.69 Å². The van der Waals surface area contributed by atoms with Gasteiger partial charge in [-0.2, -0.15) is 0 Å². The average molecular weight is 451 g/mol. The Morgan fingerprint density at radius 1 is 1.25 bits per heavy atom. The molecule has 0 spiro atoms. The van der Waals surface area contributed by atoms with Crippen LogP contribution < -0.4 is 5.32 Å². The van der Waals surface area contributed by atoms with Crippen LogP contribution in [0.3, 0.4) is 0 Å². The van der Waals surface area contributed by atoms with Gasteiger partial charge in [0.1, 0.15) is 11.6 Å². The van der Waals surface area contributed by atoms with Crippen LogP contribution >= 0.6 is 0 Å². The van der Waals surface area contributed by atoms with Gasteiger partial charge in [-0.05, 0) is 24.5 Å². The molecule has 0 bridgehead atoms. The smallest absolute Gasteiger partial charge is 0.305 e. The first-order chi connectivity index (χ1) is 15.1. The number of methoxy groups -OCH3 is 1.